The number of benzene rings is 1. The fourth-order valence-corrected chi connectivity index (χ4v) is 3.72. The van der Waals surface area contributed by atoms with Gasteiger partial charge in [-0.3, -0.25) is 4.90 Å². The Morgan fingerprint density at radius 2 is 1.88 bits per heavy atom. The molecule has 1 aromatic carbocycles. The van der Waals surface area contributed by atoms with Crippen molar-refractivity contribution in [1.82, 2.24) is 29.9 Å². The minimum Gasteiger partial charge on any atom is -0.357 e. The minimum atomic E-state index is 0. The average Bonchev–Trinajstić information content (AvgIpc) is 3.38. The van der Waals surface area contributed by atoms with Crippen molar-refractivity contribution in [3.8, 4) is 5.82 Å². The zero-order valence-corrected chi connectivity index (χ0v) is 21.4. The number of nitrogens with one attached hydrogen (secondary N) is 1. The predicted octanol–water partition coefficient (Wildman–Crippen LogP) is 3.68. The first-order valence-corrected chi connectivity index (χ1v) is 11.2. The summed E-state index contributed by atoms with van der Waals surface area (Å²) in [6.45, 7) is 8.56. The third-order valence-corrected chi connectivity index (χ3v) is 5.44. The number of rotatable bonds is 7. The van der Waals surface area contributed by atoms with Crippen molar-refractivity contribution >= 4 is 36.0 Å². The molecule has 1 saturated heterocycles. The number of hydrogen-bond acceptors (Lipinski definition) is 4. The van der Waals surface area contributed by atoms with E-state index in [0.717, 1.165) is 56.6 Å². The molecule has 1 aliphatic rings. The van der Waals surface area contributed by atoms with Crippen LogP contribution in [-0.2, 0) is 6.54 Å². The maximum Gasteiger partial charge on any atom is 0.194 e. The van der Waals surface area contributed by atoms with Gasteiger partial charge in [0.05, 0.1) is 6.54 Å². The number of hydrogen-bond donors (Lipinski definition) is 1. The summed E-state index contributed by atoms with van der Waals surface area (Å²) in [7, 11) is 0. The normalized spacial score (nSPS) is 14.9. The quantitative estimate of drug-likeness (QED) is 0.273. The van der Waals surface area contributed by atoms with Crippen molar-refractivity contribution in [1.29, 1.82) is 0 Å². The summed E-state index contributed by atoms with van der Waals surface area (Å²) in [5.41, 5.74) is 2.37. The highest BCUT2D eigenvalue weighted by Crippen LogP contribution is 2.09. The van der Waals surface area contributed by atoms with Gasteiger partial charge in [0.25, 0.3) is 0 Å². The third-order valence-electron chi connectivity index (χ3n) is 5.44. The molecule has 33 heavy (non-hydrogen) atoms. The summed E-state index contributed by atoms with van der Waals surface area (Å²) < 4.78 is 1.77. The number of nitrogens with zero attached hydrogens (tertiary/aromatic N) is 6. The van der Waals surface area contributed by atoms with Gasteiger partial charge in [0.2, 0.25) is 0 Å². The van der Waals surface area contributed by atoms with Gasteiger partial charge < -0.3 is 10.2 Å². The number of piperazine rings is 1. The molecule has 174 valence electrons. The molecule has 1 aliphatic heterocycles. The number of halogens is 1. The zero-order chi connectivity index (χ0) is 22.0. The molecular weight excluding hydrogens is 525 g/mol. The van der Waals surface area contributed by atoms with E-state index in [-0.39, 0.29) is 24.0 Å². The third kappa shape index (κ3) is 7.40. The molecule has 0 atom stereocenters. The molecule has 2 aromatic heterocycles. The molecule has 3 aromatic rings. The molecule has 4 rings (SSSR count). The summed E-state index contributed by atoms with van der Waals surface area (Å²) in [6.07, 6.45) is 9.92. The zero-order valence-electron chi connectivity index (χ0n) is 19.0. The van der Waals surface area contributed by atoms with Crippen LogP contribution in [0.4, 0.5) is 0 Å². The lowest BCUT2D eigenvalue weighted by Gasteiger charge is -2.36. The maximum absolute atomic E-state index is 4.90. The van der Waals surface area contributed by atoms with E-state index in [9.17, 15) is 0 Å². The molecule has 1 N–H and O–H groups in total. The Balaban J connectivity index is 0.00000306. The molecular formula is C25H32IN7. The second-order valence-corrected chi connectivity index (χ2v) is 7.74. The molecule has 3 heterocycles. The van der Waals surface area contributed by atoms with Gasteiger partial charge in [0.1, 0.15) is 0 Å². The first-order chi connectivity index (χ1) is 15.8. The molecule has 0 spiro atoms. The molecule has 0 saturated carbocycles. The molecule has 1 fully saturated rings. The van der Waals surface area contributed by atoms with Gasteiger partial charge in [-0.25, -0.2) is 14.7 Å². The summed E-state index contributed by atoms with van der Waals surface area (Å²) in [6, 6.07) is 16.4. The first-order valence-electron chi connectivity index (χ1n) is 11.2. The highest BCUT2D eigenvalue weighted by Gasteiger charge is 2.18. The Morgan fingerprint density at radius 3 is 2.61 bits per heavy atom. The fraction of sp³-hybridized carbons (Fsp3) is 0.320. The van der Waals surface area contributed by atoms with Gasteiger partial charge in [-0.05, 0) is 36.2 Å². The van der Waals surface area contributed by atoms with Gasteiger partial charge >= 0.3 is 0 Å². The van der Waals surface area contributed by atoms with Crippen LogP contribution >= 0.6 is 24.0 Å². The monoisotopic (exact) mass is 557 g/mol. The number of aliphatic imine (C=N–C) groups is 1. The SMILES string of the molecule is CCNC(=NCc1ccnc(-n2cccn2)c1)N1CCN(C/C=C/c2ccccc2)CC1.I. The van der Waals surface area contributed by atoms with Crippen molar-refractivity contribution < 1.29 is 0 Å². The number of pyridine rings is 1. The summed E-state index contributed by atoms with van der Waals surface area (Å²) in [5, 5.41) is 7.71. The van der Waals surface area contributed by atoms with Gasteiger partial charge in [-0.15, -0.1) is 24.0 Å². The Hall–Kier alpha value is -2.72. The van der Waals surface area contributed by atoms with Crippen LogP contribution in [0, 0.1) is 0 Å². The molecule has 7 nitrogen and oxygen atoms in total. The lowest BCUT2D eigenvalue weighted by Crippen LogP contribution is -2.52. The maximum atomic E-state index is 4.90. The van der Waals surface area contributed by atoms with Crippen LogP contribution in [0.1, 0.15) is 18.1 Å². The van der Waals surface area contributed by atoms with E-state index in [4.69, 9.17) is 4.99 Å². The fourth-order valence-electron chi connectivity index (χ4n) is 3.72. The highest BCUT2D eigenvalue weighted by molar-refractivity contribution is 14.0. The van der Waals surface area contributed by atoms with Crippen molar-refractivity contribution in [2.75, 3.05) is 39.3 Å². The van der Waals surface area contributed by atoms with Crippen LogP contribution in [0.15, 0.2) is 78.2 Å². The van der Waals surface area contributed by atoms with Gasteiger partial charge in [-0.1, -0.05) is 42.5 Å². The standard InChI is InChI=1S/C25H31N7.HI/c1-2-26-25(28-21-23-11-13-27-24(20-23)32-15-7-12-29-32)31-18-16-30(17-19-31)14-6-10-22-8-4-3-5-9-22;/h3-13,15,20H,2,14,16-19,21H2,1H3,(H,26,28);1H/b10-6+;. The van der Waals surface area contributed by atoms with Crippen LogP contribution in [-0.4, -0.2) is 69.8 Å². The molecule has 0 aliphatic carbocycles. The minimum absolute atomic E-state index is 0. The molecule has 0 amide bonds. The van der Waals surface area contributed by atoms with Crippen LogP contribution < -0.4 is 5.32 Å². The van der Waals surface area contributed by atoms with Gasteiger partial charge in [-0.2, -0.15) is 5.10 Å². The lowest BCUT2D eigenvalue weighted by atomic mass is 10.2. The summed E-state index contributed by atoms with van der Waals surface area (Å²) >= 11 is 0. The van der Waals surface area contributed by atoms with Crippen LogP contribution in [0.2, 0.25) is 0 Å². The second-order valence-electron chi connectivity index (χ2n) is 7.74. The number of aromatic nitrogens is 3. The van der Waals surface area contributed by atoms with E-state index in [0.29, 0.717) is 6.54 Å². The summed E-state index contributed by atoms with van der Waals surface area (Å²) in [5.74, 6) is 1.79. The largest absolute Gasteiger partial charge is 0.357 e. The molecule has 0 unspecified atom stereocenters. The Kier molecular flexibility index (Phi) is 9.89. The highest BCUT2D eigenvalue weighted by atomic mass is 127. The number of guanidine groups is 1. The topological polar surface area (TPSA) is 61.6 Å². The van der Waals surface area contributed by atoms with E-state index < -0.39 is 0 Å². The Bertz CT molecular complexity index is 1010. The smallest absolute Gasteiger partial charge is 0.194 e. The van der Waals surface area contributed by atoms with E-state index in [2.05, 4.69) is 68.5 Å². The predicted molar refractivity (Wildman–Crippen MR) is 145 cm³/mol. The van der Waals surface area contributed by atoms with E-state index in [1.807, 2.05) is 36.7 Å². The van der Waals surface area contributed by atoms with Crippen LogP contribution in [0.3, 0.4) is 0 Å². The van der Waals surface area contributed by atoms with E-state index in [1.54, 1.807) is 10.9 Å². The Labute approximate surface area is 213 Å². The van der Waals surface area contributed by atoms with Gasteiger partial charge in [0, 0.05) is 57.9 Å². The van der Waals surface area contributed by atoms with Crippen molar-refractivity contribution in [2.45, 2.75) is 13.5 Å². The van der Waals surface area contributed by atoms with Crippen molar-refractivity contribution in [2.24, 2.45) is 4.99 Å². The van der Waals surface area contributed by atoms with Crippen LogP contribution in [0.5, 0.6) is 0 Å². The Morgan fingerprint density at radius 1 is 1.06 bits per heavy atom. The molecule has 8 heteroatoms. The average molecular weight is 557 g/mol. The summed E-state index contributed by atoms with van der Waals surface area (Å²) in [4.78, 5) is 14.1. The van der Waals surface area contributed by atoms with E-state index in [1.165, 1.54) is 5.56 Å². The van der Waals surface area contributed by atoms with E-state index >= 15 is 0 Å². The second kappa shape index (κ2) is 13.1. The molecule has 0 bridgehead atoms. The molecule has 0 radical (unpaired) electrons. The van der Waals surface area contributed by atoms with Crippen molar-refractivity contribution in [3.05, 3.63) is 84.3 Å². The lowest BCUT2D eigenvalue weighted by molar-refractivity contribution is 0.194. The first kappa shape index (κ1) is 24.9. The van der Waals surface area contributed by atoms with Gasteiger partial charge in [0.15, 0.2) is 11.8 Å². The van der Waals surface area contributed by atoms with Crippen molar-refractivity contribution in [3.63, 3.8) is 0 Å². The van der Waals surface area contributed by atoms with Crippen LogP contribution in [0.25, 0.3) is 11.9 Å².